The van der Waals surface area contributed by atoms with Gasteiger partial charge in [-0.25, -0.2) is 8.78 Å². The van der Waals surface area contributed by atoms with Crippen LogP contribution in [0.2, 0.25) is 0 Å². The SMILES string of the molecule is Cl.Cl.Fc1ccc([C@H](CCC(F)(F)F)N2CCNCC2)cc1F. The molecule has 0 aromatic heterocycles. The van der Waals surface area contributed by atoms with Crippen LogP contribution in [0, 0.1) is 11.6 Å². The number of piperazine rings is 1. The molecule has 1 aromatic carbocycles. The van der Waals surface area contributed by atoms with Crippen molar-refractivity contribution in [1.82, 2.24) is 10.2 Å². The molecule has 0 radical (unpaired) electrons. The van der Waals surface area contributed by atoms with Crippen molar-refractivity contribution in [2.75, 3.05) is 26.2 Å². The Bertz CT molecular complexity index is 479. The van der Waals surface area contributed by atoms with Gasteiger partial charge in [-0.2, -0.15) is 13.2 Å². The number of alkyl halides is 3. The number of hydrogen-bond acceptors (Lipinski definition) is 2. The maximum atomic E-state index is 13.4. The largest absolute Gasteiger partial charge is 0.389 e. The van der Waals surface area contributed by atoms with E-state index in [1.807, 2.05) is 4.90 Å². The Morgan fingerprint density at radius 1 is 1.04 bits per heavy atom. The molecule has 1 aromatic rings. The standard InChI is InChI=1S/C14H17F5N2.2ClH/c15-11-2-1-10(9-12(11)16)13(3-4-14(17,18)19)21-7-5-20-6-8-21;;/h1-2,9,13,20H,3-8H2;2*1H/t13-;;/m0../s1. The van der Waals surface area contributed by atoms with Gasteiger partial charge in [-0.3, -0.25) is 4.90 Å². The van der Waals surface area contributed by atoms with E-state index in [1.54, 1.807) is 0 Å². The molecule has 2 rings (SSSR count). The van der Waals surface area contributed by atoms with E-state index in [0.717, 1.165) is 12.1 Å². The van der Waals surface area contributed by atoms with E-state index in [4.69, 9.17) is 0 Å². The minimum Gasteiger partial charge on any atom is -0.314 e. The highest BCUT2D eigenvalue weighted by Gasteiger charge is 2.31. The maximum absolute atomic E-state index is 13.4. The summed E-state index contributed by atoms with van der Waals surface area (Å²) in [5.41, 5.74) is 0.389. The Hall–Kier alpha value is -0.630. The van der Waals surface area contributed by atoms with Crippen LogP contribution in [0.3, 0.4) is 0 Å². The van der Waals surface area contributed by atoms with Gasteiger partial charge in [-0.05, 0) is 24.1 Å². The average Bonchev–Trinajstić information content (AvgIpc) is 2.43. The van der Waals surface area contributed by atoms with Crippen LogP contribution < -0.4 is 5.32 Å². The van der Waals surface area contributed by atoms with E-state index in [9.17, 15) is 22.0 Å². The van der Waals surface area contributed by atoms with Crippen LogP contribution in [0.5, 0.6) is 0 Å². The number of nitrogens with zero attached hydrogens (tertiary/aromatic N) is 1. The second kappa shape index (κ2) is 9.61. The highest BCUT2D eigenvalue weighted by atomic mass is 35.5. The zero-order valence-corrected chi connectivity index (χ0v) is 13.8. The quantitative estimate of drug-likeness (QED) is 0.791. The number of benzene rings is 1. The topological polar surface area (TPSA) is 15.3 Å². The Morgan fingerprint density at radius 2 is 1.65 bits per heavy atom. The first-order valence-electron chi connectivity index (χ1n) is 6.83. The van der Waals surface area contributed by atoms with Crippen LogP contribution in [0.1, 0.15) is 24.4 Å². The lowest BCUT2D eigenvalue weighted by Crippen LogP contribution is -2.45. The Balaban J connectivity index is 0.00000242. The van der Waals surface area contributed by atoms with Crippen LogP contribution in [0.25, 0.3) is 0 Å². The number of nitrogens with one attached hydrogen (secondary N) is 1. The van der Waals surface area contributed by atoms with Crippen molar-refractivity contribution in [1.29, 1.82) is 0 Å². The predicted molar refractivity (Wildman–Crippen MR) is 83.3 cm³/mol. The molecule has 1 N–H and O–H groups in total. The first-order valence-corrected chi connectivity index (χ1v) is 6.83. The minimum absolute atomic E-state index is 0. The van der Waals surface area contributed by atoms with Gasteiger partial charge in [0, 0.05) is 38.6 Å². The summed E-state index contributed by atoms with van der Waals surface area (Å²) < 4.78 is 63.8. The Labute approximate surface area is 144 Å². The second-order valence-corrected chi connectivity index (χ2v) is 5.13. The van der Waals surface area contributed by atoms with Gasteiger partial charge in [0.2, 0.25) is 0 Å². The highest BCUT2D eigenvalue weighted by molar-refractivity contribution is 5.85. The molecule has 9 heteroatoms. The average molecular weight is 381 g/mol. The fraction of sp³-hybridized carbons (Fsp3) is 0.571. The van der Waals surface area contributed by atoms with Crippen molar-refractivity contribution < 1.29 is 22.0 Å². The third-order valence-electron chi connectivity index (χ3n) is 3.62. The lowest BCUT2D eigenvalue weighted by atomic mass is 9.99. The zero-order valence-electron chi connectivity index (χ0n) is 12.2. The molecule has 1 atom stereocenters. The fourth-order valence-corrected chi connectivity index (χ4v) is 2.57. The molecule has 1 aliphatic heterocycles. The van der Waals surface area contributed by atoms with Crippen LogP contribution in [-0.4, -0.2) is 37.3 Å². The molecule has 0 amide bonds. The summed E-state index contributed by atoms with van der Waals surface area (Å²) in [4.78, 5) is 1.88. The van der Waals surface area contributed by atoms with E-state index in [0.29, 0.717) is 31.7 Å². The smallest absolute Gasteiger partial charge is 0.314 e. The maximum Gasteiger partial charge on any atom is 0.389 e. The molecule has 23 heavy (non-hydrogen) atoms. The van der Waals surface area contributed by atoms with Gasteiger partial charge in [-0.15, -0.1) is 24.8 Å². The first kappa shape index (κ1) is 22.4. The molecule has 0 aliphatic carbocycles. The molecule has 0 spiro atoms. The summed E-state index contributed by atoms with van der Waals surface area (Å²) in [6.07, 6.45) is -5.36. The van der Waals surface area contributed by atoms with Gasteiger partial charge in [0.05, 0.1) is 0 Å². The Morgan fingerprint density at radius 3 is 2.17 bits per heavy atom. The predicted octanol–water partition coefficient (Wildman–Crippen LogP) is 4.10. The number of halogens is 7. The Kier molecular flexibility index (Phi) is 9.35. The van der Waals surface area contributed by atoms with Crippen molar-refractivity contribution in [3.05, 3.63) is 35.4 Å². The summed E-state index contributed by atoms with van der Waals surface area (Å²) in [7, 11) is 0. The van der Waals surface area contributed by atoms with Crippen molar-refractivity contribution in [2.24, 2.45) is 0 Å². The summed E-state index contributed by atoms with van der Waals surface area (Å²) in [6.45, 7) is 2.52. The van der Waals surface area contributed by atoms with Gasteiger partial charge in [-0.1, -0.05) is 6.07 Å². The van der Waals surface area contributed by atoms with E-state index in [1.165, 1.54) is 6.07 Å². The molecular formula is C14H19Cl2F5N2. The molecule has 0 saturated carbocycles. The summed E-state index contributed by atoms with van der Waals surface area (Å²) in [6, 6.07) is 2.77. The number of rotatable bonds is 4. The summed E-state index contributed by atoms with van der Waals surface area (Å²) >= 11 is 0. The van der Waals surface area contributed by atoms with Crippen molar-refractivity contribution in [3.63, 3.8) is 0 Å². The molecule has 134 valence electrons. The van der Waals surface area contributed by atoms with E-state index < -0.39 is 30.3 Å². The molecule has 1 saturated heterocycles. The van der Waals surface area contributed by atoms with Gasteiger partial charge < -0.3 is 5.32 Å². The van der Waals surface area contributed by atoms with Crippen molar-refractivity contribution >= 4 is 24.8 Å². The monoisotopic (exact) mass is 380 g/mol. The highest BCUT2D eigenvalue weighted by Crippen LogP contribution is 2.32. The minimum atomic E-state index is -4.26. The third kappa shape index (κ3) is 6.79. The molecule has 1 fully saturated rings. The van der Waals surface area contributed by atoms with E-state index >= 15 is 0 Å². The lowest BCUT2D eigenvalue weighted by Gasteiger charge is -2.35. The molecular weight excluding hydrogens is 362 g/mol. The molecule has 0 bridgehead atoms. The molecule has 1 heterocycles. The van der Waals surface area contributed by atoms with E-state index in [2.05, 4.69) is 5.32 Å². The van der Waals surface area contributed by atoms with Crippen molar-refractivity contribution in [2.45, 2.75) is 25.1 Å². The third-order valence-corrected chi connectivity index (χ3v) is 3.62. The van der Waals surface area contributed by atoms with Gasteiger partial charge in [0.15, 0.2) is 11.6 Å². The molecule has 1 aliphatic rings. The van der Waals surface area contributed by atoms with Crippen LogP contribution in [0.4, 0.5) is 22.0 Å². The second-order valence-electron chi connectivity index (χ2n) is 5.13. The summed E-state index contributed by atoms with van der Waals surface area (Å²) in [5, 5.41) is 3.12. The van der Waals surface area contributed by atoms with Crippen LogP contribution in [-0.2, 0) is 0 Å². The number of hydrogen-bond donors (Lipinski definition) is 1. The van der Waals surface area contributed by atoms with Crippen molar-refractivity contribution in [3.8, 4) is 0 Å². The van der Waals surface area contributed by atoms with Gasteiger partial charge in [0.1, 0.15) is 0 Å². The van der Waals surface area contributed by atoms with E-state index in [-0.39, 0.29) is 31.2 Å². The zero-order chi connectivity index (χ0) is 15.5. The van der Waals surface area contributed by atoms with Crippen LogP contribution in [0.15, 0.2) is 18.2 Å². The fourth-order valence-electron chi connectivity index (χ4n) is 2.57. The van der Waals surface area contributed by atoms with Gasteiger partial charge >= 0.3 is 6.18 Å². The summed E-state index contributed by atoms with van der Waals surface area (Å²) in [5.74, 6) is -2.02. The van der Waals surface area contributed by atoms with Crippen LogP contribution >= 0.6 is 24.8 Å². The normalized spacial score (nSPS) is 17.1. The lowest BCUT2D eigenvalue weighted by molar-refractivity contribution is -0.138. The molecule has 2 nitrogen and oxygen atoms in total. The van der Waals surface area contributed by atoms with Gasteiger partial charge in [0.25, 0.3) is 0 Å². The molecule has 0 unspecified atom stereocenters. The first-order chi connectivity index (χ1) is 9.87.